The minimum Gasteiger partial charge on any atom is -0.351 e. The highest BCUT2D eigenvalue weighted by Gasteiger charge is 2.17. The second kappa shape index (κ2) is 8.11. The van der Waals surface area contributed by atoms with Gasteiger partial charge < -0.3 is 10.6 Å². The first-order valence-electron chi connectivity index (χ1n) is 8.97. The predicted molar refractivity (Wildman–Crippen MR) is 111 cm³/mol. The molecule has 1 aromatic carbocycles. The Morgan fingerprint density at radius 2 is 1.78 bits per heavy atom. The molecule has 3 aromatic rings. The van der Waals surface area contributed by atoms with Crippen LogP contribution >= 0.6 is 23.2 Å². The molecule has 1 saturated carbocycles. The summed E-state index contributed by atoms with van der Waals surface area (Å²) in [5.74, 6) is 1.22. The van der Waals surface area contributed by atoms with E-state index in [1.807, 2.05) is 36.4 Å². The Morgan fingerprint density at radius 1 is 0.926 bits per heavy atom. The molecule has 2 N–H and O–H groups in total. The van der Waals surface area contributed by atoms with Crippen LogP contribution in [-0.4, -0.2) is 21.0 Å². The minimum atomic E-state index is 0.409. The standard InChI is InChI=1S/C20H19Cl2N5/c21-14-8-5-10-16(19(14)22)25-18-12-17(15-9-3-4-11-23-15)26-20(27-18)24-13-6-1-2-7-13/h3-5,8-13H,1-2,6-7H2,(H2,24,25,26,27). The van der Waals surface area contributed by atoms with Crippen LogP contribution < -0.4 is 10.6 Å². The molecule has 4 rings (SSSR count). The number of hydrogen-bond acceptors (Lipinski definition) is 5. The first-order chi connectivity index (χ1) is 13.2. The van der Waals surface area contributed by atoms with Gasteiger partial charge in [0.25, 0.3) is 0 Å². The Labute approximate surface area is 168 Å². The fourth-order valence-electron chi connectivity index (χ4n) is 3.21. The van der Waals surface area contributed by atoms with Gasteiger partial charge >= 0.3 is 0 Å². The van der Waals surface area contributed by atoms with Crippen molar-refractivity contribution in [3.8, 4) is 11.4 Å². The van der Waals surface area contributed by atoms with Gasteiger partial charge in [-0.25, -0.2) is 4.98 Å². The van der Waals surface area contributed by atoms with E-state index in [1.54, 1.807) is 12.3 Å². The highest BCUT2D eigenvalue weighted by Crippen LogP contribution is 2.32. The second-order valence-electron chi connectivity index (χ2n) is 6.53. The fraction of sp³-hybridized carbons (Fsp3) is 0.250. The lowest BCUT2D eigenvalue weighted by Gasteiger charge is -2.15. The van der Waals surface area contributed by atoms with Crippen molar-refractivity contribution >= 4 is 40.7 Å². The van der Waals surface area contributed by atoms with Gasteiger partial charge in [0.2, 0.25) is 5.95 Å². The maximum atomic E-state index is 6.31. The average Bonchev–Trinajstić information content (AvgIpc) is 3.19. The summed E-state index contributed by atoms with van der Waals surface area (Å²) in [5, 5.41) is 7.66. The number of halogens is 2. The molecule has 138 valence electrons. The zero-order valence-electron chi connectivity index (χ0n) is 14.6. The number of aromatic nitrogens is 3. The molecule has 0 bridgehead atoms. The number of rotatable bonds is 5. The van der Waals surface area contributed by atoms with Gasteiger partial charge in [0, 0.05) is 18.3 Å². The molecule has 0 aliphatic heterocycles. The van der Waals surface area contributed by atoms with Crippen molar-refractivity contribution in [1.82, 2.24) is 15.0 Å². The molecule has 27 heavy (non-hydrogen) atoms. The Balaban J connectivity index is 1.69. The first-order valence-corrected chi connectivity index (χ1v) is 9.73. The van der Waals surface area contributed by atoms with Gasteiger partial charge in [-0.1, -0.05) is 48.2 Å². The maximum absolute atomic E-state index is 6.31. The third-order valence-corrected chi connectivity index (χ3v) is 5.38. The molecule has 0 unspecified atom stereocenters. The summed E-state index contributed by atoms with van der Waals surface area (Å²) in [6.45, 7) is 0. The number of benzene rings is 1. The van der Waals surface area contributed by atoms with E-state index in [-0.39, 0.29) is 0 Å². The first kappa shape index (κ1) is 18.0. The Bertz CT molecular complexity index is 927. The molecule has 0 spiro atoms. The van der Waals surface area contributed by atoms with E-state index < -0.39 is 0 Å². The smallest absolute Gasteiger partial charge is 0.225 e. The third-order valence-electron chi connectivity index (χ3n) is 4.56. The van der Waals surface area contributed by atoms with Gasteiger partial charge in [0.15, 0.2) is 0 Å². The van der Waals surface area contributed by atoms with E-state index in [1.165, 1.54) is 12.8 Å². The summed E-state index contributed by atoms with van der Waals surface area (Å²) in [5.41, 5.74) is 2.23. The molecule has 1 aliphatic carbocycles. The van der Waals surface area contributed by atoms with Crippen LogP contribution in [0.3, 0.4) is 0 Å². The molecule has 2 heterocycles. The average molecular weight is 400 g/mol. The Kier molecular flexibility index (Phi) is 5.41. The molecule has 0 amide bonds. The molecule has 5 nitrogen and oxygen atoms in total. The van der Waals surface area contributed by atoms with Gasteiger partial charge in [-0.05, 0) is 37.1 Å². The zero-order chi connectivity index (χ0) is 18.6. The monoisotopic (exact) mass is 399 g/mol. The lowest BCUT2D eigenvalue weighted by molar-refractivity contribution is 0.744. The highest BCUT2D eigenvalue weighted by atomic mass is 35.5. The molecular weight excluding hydrogens is 381 g/mol. The molecule has 0 atom stereocenters. The quantitative estimate of drug-likeness (QED) is 0.555. The van der Waals surface area contributed by atoms with E-state index in [4.69, 9.17) is 23.2 Å². The maximum Gasteiger partial charge on any atom is 0.225 e. The van der Waals surface area contributed by atoms with Gasteiger partial charge in [0.1, 0.15) is 5.82 Å². The Hall–Kier alpha value is -2.37. The van der Waals surface area contributed by atoms with Gasteiger partial charge in [0.05, 0.1) is 27.1 Å². The normalized spacial score (nSPS) is 14.3. The number of nitrogens with zero attached hydrogens (tertiary/aromatic N) is 3. The highest BCUT2D eigenvalue weighted by molar-refractivity contribution is 6.43. The van der Waals surface area contributed by atoms with Crippen molar-refractivity contribution < 1.29 is 0 Å². The van der Waals surface area contributed by atoms with E-state index in [0.29, 0.717) is 33.5 Å². The fourth-order valence-corrected chi connectivity index (χ4v) is 3.56. The van der Waals surface area contributed by atoms with Crippen molar-refractivity contribution in [2.24, 2.45) is 0 Å². The van der Waals surface area contributed by atoms with E-state index in [0.717, 1.165) is 24.2 Å². The van der Waals surface area contributed by atoms with Crippen LogP contribution in [0, 0.1) is 0 Å². The summed E-state index contributed by atoms with van der Waals surface area (Å²) in [6, 6.07) is 13.5. The van der Waals surface area contributed by atoms with Crippen LogP contribution in [0.15, 0.2) is 48.7 Å². The van der Waals surface area contributed by atoms with Crippen molar-refractivity contribution in [2.75, 3.05) is 10.6 Å². The summed E-state index contributed by atoms with van der Waals surface area (Å²) >= 11 is 12.4. The molecule has 0 saturated heterocycles. The van der Waals surface area contributed by atoms with E-state index >= 15 is 0 Å². The van der Waals surface area contributed by atoms with Crippen LogP contribution in [0.4, 0.5) is 17.5 Å². The number of anilines is 3. The summed E-state index contributed by atoms with van der Waals surface area (Å²) in [6.07, 6.45) is 6.50. The van der Waals surface area contributed by atoms with Crippen LogP contribution in [0.5, 0.6) is 0 Å². The second-order valence-corrected chi connectivity index (χ2v) is 7.31. The molecule has 0 radical (unpaired) electrons. The predicted octanol–water partition coefficient (Wildman–Crippen LogP) is 5.94. The van der Waals surface area contributed by atoms with E-state index in [9.17, 15) is 0 Å². The molecule has 7 heteroatoms. The molecule has 1 aliphatic rings. The summed E-state index contributed by atoms with van der Waals surface area (Å²) in [4.78, 5) is 13.7. The lowest BCUT2D eigenvalue weighted by atomic mass is 10.2. The topological polar surface area (TPSA) is 62.7 Å². The van der Waals surface area contributed by atoms with Gasteiger partial charge in [-0.3, -0.25) is 4.98 Å². The third kappa shape index (κ3) is 4.31. The largest absolute Gasteiger partial charge is 0.351 e. The van der Waals surface area contributed by atoms with Crippen molar-refractivity contribution in [3.63, 3.8) is 0 Å². The minimum absolute atomic E-state index is 0.409. The van der Waals surface area contributed by atoms with Crippen LogP contribution in [0.1, 0.15) is 25.7 Å². The molecule has 2 aromatic heterocycles. The Morgan fingerprint density at radius 3 is 2.56 bits per heavy atom. The van der Waals surface area contributed by atoms with Crippen molar-refractivity contribution in [2.45, 2.75) is 31.7 Å². The van der Waals surface area contributed by atoms with E-state index in [2.05, 4.69) is 25.6 Å². The number of hydrogen-bond donors (Lipinski definition) is 2. The van der Waals surface area contributed by atoms with Crippen LogP contribution in [0.25, 0.3) is 11.4 Å². The SMILES string of the molecule is Clc1cccc(Nc2cc(-c3ccccn3)nc(NC3CCCC3)n2)c1Cl. The summed E-state index contributed by atoms with van der Waals surface area (Å²) in [7, 11) is 0. The molecular formula is C20H19Cl2N5. The number of nitrogens with one attached hydrogen (secondary N) is 2. The van der Waals surface area contributed by atoms with Crippen molar-refractivity contribution in [3.05, 3.63) is 58.7 Å². The van der Waals surface area contributed by atoms with Crippen molar-refractivity contribution in [1.29, 1.82) is 0 Å². The lowest BCUT2D eigenvalue weighted by Crippen LogP contribution is -2.17. The van der Waals surface area contributed by atoms with Crippen LogP contribution in [0.2, 0.25) is 10.0 Å². The van der Waals surface area contributed by atoms with Gasteiger partial charge in [-0.2, -0.15) is 4.98 Å². The number of pyridine rings is 1. The van der Waals surface area contributed by atoms with Gasteiger partial charge in [-0.15, -0.1) is 0 Å². The summed E-state index contributed by atoms with van der Waals surface area (Å²) < 4.78 is 0. The zero-order valence-corrected chi connectivity index (χ0v) is 16.1. The molecule has 1 fully saturated rings. The van der Waals surface area contributed by atoms with Crippen LogP contribution in [-0.2, 0) is 0 Å².